The zero-order valence-electron chi connectivity index (χ0n) is 12.8. The molecule has 114 valence electrons. The van der Waals surface area contributed by atoms with E-state index in [-0.39, 0.29) is 11.9 Å². The van der Waals surface area contributed by atoms with Crippen LogP contribution >= 0.6 is 0 Å². The molecule has 1 saturated heterocycles. The number of hydrogen-bond donors (Lipinski definition) is 0. The molecule has 4 rings (SSSR count). The normalized spacial score (nSPS) is 17.2. The smallest absolute Gasteiger partial charge is 0.230 e. The highest BCUT2D eigenvalue weighted by atomic mass is 16.5. The number of aromatic nitrogens is 1. The highest BCUT2D eigenvalue weighted by molar-refractivity contribution is 6.07. The maximum atomic E-state index is 12.3. The monoisotopic (exact) mass is 304 g/mol. The molecule has 2 heterocycles. The van der Waals surface area contributed by atoms with Crippen molar-refractivity contribution >= 4 is 22.5 Å². The Labute approximate surface area is 134 Å². The first-order chi connectivity index (χ1) is 11.3. The minimum Gasteiger partial charge on any atom is -0.496 e. The van der Waals surface area contributed by atoms with E-state index in [1.165, 1.54) is 0 Å². The Balaban J connectivity index is 1.82. The van der Waals surface area contributed by atoms with Gasteiger partial charge in [-0.05, 0) is 18.2 Å². The molecule has 3 aromatic rings. The number of fused-ring (bicyclic) bond motifs is 1. The molecule has 4 heteroatoms. The highest BCUT2D eigenvalue weighted by Gasteiger charge is 2.40. The molecule has 1 atom stereocenters. The second-order valence-corrected chi connectivity index (χ2v) is 5.58. The fourth-order valence-corrected chi connectivity index (χ4v) is 3.19. The summed E-state index contributed by atoms with van der Waals surface area (Å²) in [4.78, 5) is 18.6. The molecule has 1 aliphatic heterocycles. The number of amides is 1. The summed E-state index contributed by atoms with van der Waals surface area (Å²) in [6.45, 7) is 0. The molecule has 2 aromatic carbocycles. The summed E-state index contributed by atoms with van der Waals surface area (Å²) < 4.78 is 5.46. The second-order valence-electron chi connectivity index (χ2n) is 5.58. The van der Waals surface area contributed by atoms with Crippen LogP contribution in [0.4, 0.5) is 5.69 Å². The minimum atomic E-state index is -0.00810. The molecule has 0 radical (unpaired) electrons. The number of carbonyl (C=O) groups is 1. The van der Waals surface area contributed by atoms with E-state index < -0.39 is 0 Å². The van der Waals surface area contributed by atoms with E-state index in [9.17, 15) is 4.79 Å². The third kappa shape index (κ3) is 2.14. The third-order valence-corrected chi connectivity index (χ3v) is 4.32. The summed E-state index contributed by atoms with van der Waals surface area (Å²) >= 11 is 0. The molecular weight excluding hydrogens is 288 g/mol. The number of anilines is 1. The number of pyridine rings is 1. The van der Waals surface area contributed by atoms with Gasteiger partial charge >= 0.3 is 0 Å². The lowest BCUT2D eigenvalue weighted by Gasteiger charge is -2.41. The van der Waals surface area contributed by atoms with Gasteiger partial charge in [-0.2, -0.15) is 0 Å². The van der Waals surface area contributed by atoms with Crippen molar-refractivity contribution in [2.45, 2.75) is 12.5 Å². The molecule has 0 bridgehead atoms. The first kappa shape index (κ1) is 13.8. The van der Waals surface area contributed by atoms with E-state index in [2.05, 4.69) is 4.98 Å². The molecule has 0 aliphatic carbocycles. The van der Waals surface area contributed by atoms with E-state index in [0.717, 1.165) is 27.9 Å². The molecule has 0 N–H and O–H groups in total. The van der Waals surface area contributed by atoms with E-state index >= 15 is 0 Å². The number of β-lactam (4-membered cyclic amide) rings is 1. The number of nitrogens with zero attached hydrogens (tertiary/aromatic N) is 2. The van der Waals surface area contributed by atoms with Crippen LogP contribution in [0.1, 0.15) is 18.0 Å². The van der Waals surface area contributed by atoms with Crippen molar-refractivity contribution in [3.05, 3.63) is 66.4 Å². The van der Waals surface area contributed by atoms with Crippen LogP contribution in [0.25, 0.3) is 10.9 Å². The van der Waals surface area contributed by atoms with Gasteiger partial charge in [-0.1, -0.05) is 36.4 Å². The summed E-state index contributed by atoms with van der Waals surface area (Å²) in [7, 11) is 1.66. The summed E-state index contributed by atoms with van der Waals surface area (Å²) in [6.07, 6.45) is 2.25. The van der Waals surface area contributed by atoms with Crippen LogP contribution in [0.3, 0.4) is 0 Å². The summed E-state index contributed by atoms with van der Waals surface area (Å²) in [5.41, 5.74) is 2.74. The Morgan fingerprint density at radius 1 is 1.09 bits per heavy atom. The Morgan fingerprint density at radius 3 is 2.74 bits per heavy atom. The van der Waals surface area contributed by atoms with Gasteiger partial charge in [0.15, 0.2) is 0 Å². The average molecular weight is 304 g/mol. The van der Waals surface area contributed by atoms with Gasteiger partial charge in [-0.3, -0.25) is 9.78 Å². The number of para-hydroxylation sites is 2. The molecule has 4 nitrogen and oxygen atoms in total. The quantitative estimate of drug-likeness (QED) is 0.693. The Hall–Kier alpha value is -2.88. The maximum absolute atomic E-state index is 12.3. The number of carbonyl (C=O) groups excluding carboxylic acids is 1. The van der Waals surface area contributed by atoms with Gasteiger partial charge in [0.1, 0.15) is 5.75 Å². The van der Waals surface area contributed by atoms with Crippen molar-refractivity contribution in [3.63, 3.8) is 0 Å². The van der Waals surface area contributed by atoms with Gasteiger partial charge in [-0.15, -0.1) is 0 Å². The van der Waals surface area contributed by atoms with Gasteiger partial charge in [0.2, 0.25) is 5.91 Å². The lowest BCUT2D eigenvalue weighted by atomic mass is 9.92. The number of benzene rings is 2. The van der Waals surface area contributed by atoms with Crippen LogP contribution in [0.5, 0.6) is 5.75 Å². The van der Waals surface area contributed by atoms with E-state index in [4.69, 9.17) is 4.74 Å². The van der Waals surface area contributed by atoms with Crippen molar-refractivity contribution < 1.29 is 9.53 Å². The fourth-order valence-electron chi connectivity index (χ4n) is 3.19. The molecule has 0 spiro atoms. The van der Waals surface area contributed by atoms with Gasteiger partial charge < -0.3 is 9.64 Å². The molecular formula is C19H16N2O2. The highest BCUT2D eigenvalue weighted by Crippen LogP contribution is 2.43. The first-order valence-electron chi connectivity index (χ1n) is 7.58. The van der Waals surface area contributed by atoms with Crippen molar-refractivity contribution in [2.24, 2.45) is 0 Å². The molecule has 23 heavy (non-hydrogen) atoms. The second kappa shape index (κ2) is 5.39. The van der Waals surface area contributed by atoms with Crippen LogP contribution < -0.4 is 9.64 Å². The van der Waals surface area contributed by atoms with Crippen LogP contribution in [0.15, 0.2) is 60.8 Å². The van der Waals surface area contributed by atoms with Crippen molar-refractivity contribution in [1.82, 2.24) is 4.98 Å². The maximum Gasteiger partial charge on any atom is 0.230 e. The number of ether oxygens (including phenoxy) is 1. The van der Waals surface area contributed by atoms with E-state index in [0.29, 0.717) is 6.42 Å². The van der Waals surface area contributed by atoms with Crippen molar-refractivity contribution in [1.29, 1.82) is 0 Å². The lowest BCUT2D eigenvalue weighted by molar-refractivity contribution is -0.124. The Morgan fingerprint density at radius 2 is 1.91 bits per heavy atom. The van der Waals surface area contributed by atoms with Gasteiger partial charge in [0.25, 0.3) is 0 Å². The van der Waals surface area contributed by atoms with Crippen LogP contribution in [-0.2, 0) is 4.79 Å². The fraction of sp³-hybridized carbons (Fsp3) is 0.158. The number of methoxy groups -OCH3 is 1. The lowest BCUT2D eigenvalue weighted by Crippen LogP contribution is -2.46. The Bertz CT molecular complexity index is 886. The Kier molecular flexibility index (Phi) is 3.23. The zero-order chi connectivity index (χ0) is 15.8. The predicted molar refractivity (Wildman–Crippen MR) is 89.6 cm³/mol. The number of rotatable bonds is 3. The molecule has 1 aromatic heterocycles. The minimum absolute atomic E-state index is 0.00810. The van der Waals surface area contributed by atoms with E-state index in [1.54, 1.807) is 13.3 Å². The van der Waals surface area contributed by atoms with Gasteiger partial charge in [0.05, 0.1) is 30.8 Å². The average Bonchev–Trinajstić information content (AvgIpc) is 2.60. The molecule has 1 unspecified atom stereocenters. The van der Waals surface area contributed by atoms with Crippen LogP contribution in [0, 0.1) is 0 Å². The third-order valence-electron chi connectivity index (χ3n) is 4.32. The van der Waals surface area contributed by atoms with Gasteiger partial charge in [0, 0.05) is 17.1 Å². The molecule has 1 fully saturated rings. The van der Waals surface area contributed by atoms with Crippen molar-refractivity contribution in [3.8, 4) is 5.75 Å². The first-order valence-corrected chi connectivity index (χ1v) is 7.58. The number of hydrogen-bond acceptors (Lipinski definition) is 3. The summed E-state index contributed by atoms with van der Waals surface area (Å²) in [5.74, 6) is 0.919. The largest absolute Gasteiger partial charge is 0.496 e. The van der Waals surface area contributed by atoms with Crippen molar-refractivity contribution in [2.75, 3.05) is 12.0 Å². The standard InChI is InChI=1S/C19H16N2O2/c1-23-17-10-3-2-8-14(17)16-12-18(22)21(16)15-9-4-6-13-7-5-11-20-19(13)15/h2-11,16H,12H2,1H3. The van der Waals surface area contributed by atoms with E-state index in [1.807, 2.05) is 59.5 Å². The predicted octanol–water partition coefficient (Wildman–Crippen LogP) is 3.72. The van der Waals surface area contributed by atoms with Gasteiger partial charge in [-0.25, -0.2) is 0 Å². The molecule has 1 amide bonds. The molecule has 1 aliphatic rings. The molecule has 0 saturated carbocycles. The zero-order valence-corrected chi connectivity index (χ0v) is 12.8. The topological polar surface area (TPSA) is 42.4 Å². The summed E-state index contributed by atoms with van der Waals surface area (Å²) in [5, 5.41) is 1.03. The van der Waals surface area contributed by atoms with Crippen LogP contribution in [-0.4, -0.2) is 18.0 Å². The summed E-state index contributed by atoms with van der Waals surface area (Å²) in [6, 6.07) is 17.7. The SMILES string of the molecule is COc1ccccc1C1CC(=O)N1c1cccc2cccnc12. The van der Waals surface area contributed by atoms with Crippen LogP contribution in [0.2, 0.25) is 0 Å².